The minimum atomic E-state index is -0.327. The van der Waals surface area contributed by atoms with Crippen LogP contribution < -0.4 is 0 Å². The van der Waals surface area contributed by atoms with Gasteiger partial charge < -0.3 is 4.57 Å². The third-order valence-corrected chi connectivity index (χ3v) is 4.16. The summed E-state index contributed by atoms with van der Waals surface area (Å²) in [6.45, 7) is 0. The average molecular weight is 355 g/mol. The molecule has 1 aliphatic rings. The Kier molecular flexibility index (Phi) is 2.81. The van der Waals surface area contributed by atoms with Gasteiger partial charge in [0.2, 0.25) is 5.91 Å². The number of fused-ring (bicyclic) bond motifs is 1. The van der Waals surface area contributed by atoms with Gasteiger partial charge in [-0.2, -0.15) is 0 Å². The second-order valence-electron chi connectivity index (χ2n) is 4.21. The number of hydrogen-bond acceptors (Lipinski definition) is 3. The maximum Gasteiger partial charge on any atom is 0.261 e. The molecule has 2 heterocycles. The molecule has 0 aliphatic carbocycles. The highest BCUT2D eigenvalue weighted by molar-refractivity contribution is 14.1. The highest BCUT2D eigenvalue weighted by atomic mass is 127. The quantitative estimate of drug-likeness (QED) is 0.447. The van der Waals surface area contributed by atoms with E-state index in [1.54, 1.807) is 29.2 Å². The number of imide groups is 1. The lowest BCUT2D eigenvalue weighted by molar-refractivity contribution is -0.142. The number of imidazole rings is 1. The predicted octanol–water partition coefficient (Wildman–Crippen LogP) is 2.08. The number of carbonyl (C=O) groups is 2. The summed E-state index contributed by atoms with van der Waals surface area (Å²) in [5.74, 6) is -0.295. The Morgan fingerprint density at radius 2 is 2.06 bits per heavy atom. The largest absolute Gasteiger partial charge is 0.318 e. The zero-order valence-corrected chi connectivity index (χ0v) is 11.6. The lowest BCUT2D eigenvalue weighted by atomic mass is 10.1. The molecule has 18 heavy (non-hydrogen) atoms. The molecule has 1 fully saturated rings. The molecule has 92 valence electrons. The van der Waals surface area contributed by atoms with Crippen LogP contribution in [0.1, 0.15) is 18.9 Å². The van der Waals surface area contributed by atoms with E-state index < -0.39 is 0 Å². The second kappa shape index (κ2) is 4.34. The first-order valence-electron chi connectivity index (χ1n) is 5.62. The van der Waals surface area contributed by atoms with Crippen molar-refractivity contribution >= 4 is 45.7 Å². The fourth-order valence-electron chi connectivity index (χ4n) is 2.22. The highest BCUT2D eigenvalue weighted by Crippen LogP contribution is 2.28. The number of rotatable bonds is 1. The van der Waals surface area contributed by atoms with Gasteiger partial charge in [0.25, 0.3) is 5.91 Å². The van der Waals surface area contributed by atoms with Crippen LogP contribution in [0.4, 0.5) is 0 Å². The zero-order chi connectivity index (χ0) is 12.7. The zero-order valence-electron chi connectivity index (χ0n) is 9.41. The van der Waals surface area contributed by atoms with Crippen LogP contribution in [0, 0.1) is 0 Å². The van der Waals surface area contributed by atoms with E-state index >= 15 is 0 Å². The van der Waals surface area contributed by atoms with Crippen LogP contribution in [0.2, 0.25) is 0 Å². The third kappa shape index (κ3) is 1.71. The molecule has 0 N–H and O–H groups in total. The van der Waals surface area contributed by atoms with Gasteiger partial charge in [0.05, 0.1) is 40.2 Å². The van der Waals surface area contributed by atoms with E-state index in [9.17, 15) is 9.59 Å². The Hall–Kier alpha value is -1.44. The van der Waals surface area contributed by atoms with Crippen LogP contribution >= 0.6 is 22.9 Å². The Labute approximate surface area is 117 Å². The normalized spacial score (nSPS) is 20.7. The first-order chi connectivity index (χ1) is 8.68. The van der Waals surface area contributed by atoms with E-state index in [-0.39, 0.29) is 17.9 Å². The lowest BCUT2D eigenvalue weighted by Gasteiger charge is -2.27. The molecule has 0 spiro atoms. The Bertz CT molecular complexity index is 637. The smallest absolute Gasteiger partial charge is 0.261 e. The molecule has 0 bridgehead atoms. The maximum atomic E-state index is 12.1. The summed E-state index contributed by atoms with van der Waals surface area (Å²) in [6, 6.07) is 7.35. The summed E-state index contributed by atoms with van der Waals surface area (Å²) in [5.41, 5.74) is 1.79. The fourth-order valence-corrected chi connectivity index (χ4v) is 2.78. The molecule has 6 heteroatoms. The summed E-state index contributed by atoms with van der Waals surface area (Å²) in [6.07, 6.45) is 2.61. The van der Waals surface area contributed by atoms with Gasteiger partial charge >= 0.3 is 0 Å². The van der Waals surface area contributed by atoms with Gasteiger partial charge in [0, 0.05) is 6.42 Å². The Balaban J connectivity index is 2.05. The van der Waals surface area contributed by atoms with Crippen LogP contribution in [0.25, 0.3) is 11.0 Å². The predicted molar refractivity (Wildman–Crippen MR) is 73.9 cm³/mol. The molecule has 1 aromatic heterocycles. The van der Waals surface area contributed by atoms with E-state index in [0.717, 1.165) is 11.0 Å². The second-order valence-corrected chi connectivity index (χ2v) is 5.17. The number of para-hydroxylation sites is 2. The first-order valence-corrected chi connectivity index (χ1v) is 6.59. The van der Waals surface area contributed by atoms with Gasteiger partial charge in [0.1, 0.15) is 6.04 Å². The summed E-state index contributed by atoms with van der Waals surface area (Å²) in [7, 11) is 0. The van der Waals surface area contributed by atoms with Gasteiger partial charge in [-0.1, -0.05) is 12.1 Å². The van der Waals surface area contributed by atoms with Crippen LogP contribution in [0.15, 0.2) is 30.6 Å². The molecular formula is C12H10IN3O2. The van der Waals surface area contributed by atoms with E-state index in [1.165, 1.54) is 3.11 Å². The van der Waals surface area contributed by atoms with Crippen molar-refractivity contribution in [3.8, 4) is 0 Å². The number of amides is 2. The van der Waals surface area contributed by atoms with Crippen LogP contribution in [-0.4, -0.2) is 24.5 Å². The molecule has 5 nitrogen and oxygen atoms in total. The molecule has 1 atom stereocenters. The van der Waals surface area contributed by atoms with E-state index in [4.69, 9.17) is 0 Å². The van der Waals surface area contributed by atoms with Crippen molar-refractivity contribution in [2.75, 3.05) is 0 Å². The van der Waals surface area contributed by atoms with Gasteiger partial charge in [-0.15, -0.1) is 0 Å². The van der Waals surface area contributed by atoms with E-state index in [0.29, 0.717) is 12.8 Å². The number of hydrogen-bond donors (Lipinski definition) is 0. The molecule has 2 aromatic rings. The number of aromatic nitrogens is 2. The third-order valence-electron chi connectivity index (χ3n) is 3.15. The minimum Gasteiger partial charge on any atom is -0.318 e. The van der Waals surface area contributed by atoms with Crippen molar-refractivity contribution in [1.82, 2.24) is 12.7 Å². The Morgan fingerprint density at radius 1 is 1.28 bits per heavy atom. The van der Waals surface area contributed by atoms with E-state index in [1.807, 2.05) is 28.8 Å². The van der Waals surface area contributed by atoms with Crippen molar-refractivity contribution in [3.63, 3.8) is 0 Å². The van der Waals surface area contributed by atoms with Crippen molar-refractivity contribution in [3.05, 3.63) is 30.6 Å². The topological polar surface area (TPSA) is 55.2 Å². The summed E-state index contributed by atoms with van der Waals surface area (Å²) in [5, 5.41) is 0. The van der Waals surface area contributed by atoms with Gasteiger partial charge in [0.15, 0.2) is 0 Å². The van der Waals surface area contributed by atoms with Crippen molar-refractivity contribution in [2.45, 2.75) is 18.9 Å². The van der Waals surface area contributed by atoms with Crippen LogP contribution in [0.5, 0.6) is 0 Å². The fraction of sp³-hybridized carbons (Fsp3) is 0.250. The molecule has 1 saturated heterocycles. The molecule has 1 unspecified atom stereocenters. The molecular weight excluding hydrogens is 345 g/mol. The number of piperidine rings is 1. The lowest BCUT2D eigenvalue weighted by Crippen LogP contribution is -2.39. The van der Waals surface area contributed by atoms with Crippen LogP contribution in [-0.2, 0) is 9.59 Å². The minimum absolute atomic E-state index is 0.124. The molecule has 1 aromatic carbocycles. The highest BCUT2D eigenvalue weighted by Gasteiger charge is 2.34. The number of benzene rings is 1. The van der Waals surface area contributed by atoms with Gasteiger partial charge in [-0.05, 0) is 18.6 Å². The van der Waals surface area contributed by atoms with Crippen molar-refractivity contribution in [2.24, 2.45) is 0 Å². The number of carbonyl (C=O) groups excluding carboxylic acids is 2. The molecule has 0 saturated carbocycles. The van der Waals surface area contributed by atoms with Gasteiger partial charge in [-0.25, -0.2) is 8.10 Å². The number of halogens is 1. The van der Waals surface area contributed by atoms with Crippen molar-refractivity contribution < 1.29 is 9.59 Å². The molecule has 3 rings (SSSR count). The summed E-state index contributed by atoms with van der Waals surface area (Å²) >= 11 is 1.77. The van der Waals surface area contributed by atoms with Crippen LogP contribution in [0.3, 0.4) is 0 Å². The molecule has 2 amide bonds. The van der Waals surface area contributed by atoms with Crippen molar-refractivity contribution in [1.29, 1.82) is 0 Å². The summed E-state index contributed by atoms with van der Waals surface area (Å²) in [4.78, 5) is 27.9. The number of nitrogens with zero attached hydrogens (tertiary/aromatic N) is 3. The average Bonchev–Trinajstić information content (AvgIpc) is 2.80. The molecule has 1 aliphatic heterocycles. The van der Waals surface area contributed by atoms with Gasteiger partial charge in [-0.3, -0.25) is 9.59 Å². The summed E-state index contributed by atoms with van der Waals surface area (Å²) < 4.78 is 3.04. The monoisotopic (exact) mass is 355 g/mol. The first kappa shape index (κ1) is 11.6. The maximum absolute atomic E-state index is 12.1. The standard InChI is InChI=1S/C12H10IN3O2/c13-16-11(17)6-5-10(12(16)18)15-7-14-8-3-1-2-4-9(8)15/h1-4,7,10H,5-6H2. The van der Waals surface area contributed by atoms with E-state index in [2.05, 4.69) is 4.98 Å². The Morgan fingerprint density at radius 3 is 2.89 bits per heavy atom. The SMILES string of the molecule is O=C1CCC(n2cnc3ccccc32)C(=O)N1I. The molecule has 0 radical (unpaired) electrons.